The van der Waals surface area contributed by atoms with Crippen molar-refractivity contribution in [3.8, 4) is 0 Å². The van der Waals surface area contributed by atoms with Crippen LogP contribution in [0.1, 0.15) is 20.3 Å². The second-order valence-electron chi connectivity index (χ2n) is 4.12. The van der Waals surface area contributed by atoms with Crippen molar-refractivity contribution < 1.29 is 9.66 Å². The van der Waals surface area contributed by atoms with E-state index in [1.807, 2.05) is 13.8 Å². The number of anilines is 1. The lowest BCUT2D eigenvalue weighted by molar-refractivity contribution is -0.384. The Balaban J connectivity index is 2.41. The topological polar surface area (TPSA) is 64.4 Å². The monoisotopic (exact) mass is 316 g/mol. The third kappa shape index (κ3) is 5.01. The van der Waals surface area contributed by atoms with E-state index >= 15 is 0 Å². The number of nitro benzene ring substituents is 1. The van der Waals surface area contributed by atoms with Gasteiger partial charge in [0.25, 0.3) is 5.69 Å². The molecule has 0 aliphatic carbocycles. The summed E-state index contributed by atoms with van der Waals surface area (Å²) >= 11 is 3.31. The Morgan fingerprint density at radius 2 is 2.22 bits per heavy atom. The van der Waals surface area contributed by atoms with Crippen molar-refractivity contribution in [3.63, 3.8) is 0 Å². The summed E-state index contributed by atoms with van der Waals surface area (Å²) in [6.07, 6.45) is 1.14. The second kappa shape index (κ2) is 7.33. The summed E-state index contributed by atoms with van der Waals surface area (Å²) in [5.41, 5.74) is 0.931. The van der Waals surface area contributed by atoms with Gasteiger partial charge in [-0.1, -0.05) is 0 Å². The molecule has 5 nitrogen and oxygen atoms in total. The summed E-state index contributed by atoms with van der Waals surface area (Å²) in [7, 11) is 0. The van der Waals surface area contributed by atoms with Crippen LogP contribution in [0.15, 0.2) is 22.7 Å². The molecule has 0 atom stereocenters. The summed E-state index contributed by atoms with van der Waals surface area (Å²) in [6.45, 7) is 5.47. The Labute approximate surface area is 115 Å². The van der Waals surface area contributed by atoms with Gasteiger partial charge in [-0.05, 0) is 42.3 Å². The zero-order valence-electron chi connectivity index (χ0n) is 10.5. The first kappa shape index (κ1) is 14.9. The number of nitro groups is 1. The quantitative estimate of drug-likeness (QED) is 0.474. The van der Waals surface area contributed by atoms with Gasteiger partial charge in [0.05, 0.1) is 11.0 Å². The minimum atomic E-state index is -0.412. The predicted octanol–water partition coefficient (Wildman–Crippen LogP) is 3.58. The number of nitrogens with one attached hydrogen (secondary N) is 1. The molecule has 0 amide bonds. The maximum absolute atomic E-state index is 10.6. The molecule has 0 aliphatic heterocycles. The molecule has 1 rings (SSSR count). The highest BCUT2D eigenvalue weighted by molar-refractivity contribution is 9.10. The van der Waals surface area contributed by atoms with E-state index in [0.717, 1.165) is 18.7 Å². The van der Waals surface area contributed by atoms with Crippen LogP contribution in [0, 0.1) is 10.1 Å². The van der Waals surface area contributed by atoms with Crippen molar-refractivity contribution in [2.24, 2.45) is 0 Å². The van der Waals surface area contributed by atoms with Crippen LogP contribution >= 0.6 is 15.9 Å². The molecule has 1 aromatic rings. The molecule has 0 saturated carbocycles. The predicted molar refractivity (Wildman–Crippen MR) is 75.0 cm³/mol. The SMILES string of the molecule is CC(C)OCCCNc1ccc([N+](=O)[O-])cc1Br. The summed E-state index contributed by atoms with van der Waals surface area (Å²) in [5, 5.41) is 13.8. The van der Waals surface area contributed by atoms with E-state index < -0.39 is 4.92 Å². The normalized spacial score (nSPS) is 10.7. The molecule has 18 heavy (non-hydrogen) atoms. The summed E-state index contributed by atoms with van der Waals surface area (Å²) < 4.78 is 6.12. The lowest BCUT2D eigenvalue weighted by Gasteiger charge is -2.10. The number of benzene rings is 1. The zero-order chi connectivity index (χ0) is 13.5. The van der Waals surface area contributed by atoms with Crippen LogP contribution in [0.3, 0.4) is 0 Å². The molecule has 0 heterocycles. The molecular formula is C12H17BrN2O3. The third-order valence-electron chi connectivity index (χ3n) is 2.25. The highest BCUT2D eigenvalue weighted by Gasteiger charge is 2.08. The Morgan fingerprint density at radius 3 is 2.78 bits per heavy atom. The van der Waals surface area contributed by atoms with Gasteiger partial charge in [-0.15, -0.1) is 0 Å². The summed E-state index contributed by atoms with van der Waals surface area (Å²) in [5.74, 6) is 0. The highest BCUT2D eigenvalue weighted by Crippen LogP contribution is 2.26. The number of rotatable bonds is 7. The van der Waals surface area contributed by atoms with E-state index in [1.165, 1.54) is 12.1 Å². The molecule has 0 unspecified atom stereocenters. The number of halogens is 1. The van der Waals surface area contributed by atoms with Crippen molar-refractivity contribution in [2.75, 3.05) is 18.5 Å². The number of hydrogen-bond acceptors (Lipinski definition) is 4. The Morgan fingerprint density at radius 1 is 1.50 bits per heavy atom. The number of hydrogen-bond donors (Lipinski definition) is 1. The zero-order valence-corrected chi connectivity index (χ0v) is 12.1. The van der Waals surface area contributed by atoms with Gasteiger partial charge in [0.2, 0.25) is 0 Å². The minimum Gasteiger partial charge on any atom is -0.384 e. The van der Waals surface area contributed by atoms with E-state index in [2.05, 4.69) is 21.2 Å². The van der Waals surface area contributed by atoms with E-state index in [0.29, 0.717) is 11.1 Å². The van der Waals surface area contributed by atoms with Crippen LogP contribution in [-0.4, -0.2) is 24.2 Å². The molecule has 0 aromatic heterocycles. The lowest BCUT2D eigenvalue weighted by Crippen LogP contribution is -2.09. The van der Waals surface area contributed by atoms with E-state index in [9.17, 15) is 10.1 Å². The highest BCUT2D eigenvalue weighted by atomic mass is 79.9. The van der Waals surface area contributed by atoms with Crippen molar-refractivity contribution in [1.29, 1.82) is 0 Å². The van der Waals surface area contributed by atoms with Crippen LogP contribution in [0.4, 0.5) is 11.4 Å². The molecule has 0 fully saturated rings. The molecule has 0 saturated heterocycles. The first-order valence-corrected chi connectivity index (χ1v) is 6.59. The summed E-state index contributed by atoms with van der Waals surface area (Å²) in [4.78, 5) is 10.2. The van der Waals surface area contributed by atoms with Gasteiger partial charge in [-0.25, -0.2) is 0 Å². The largest absolute Gasteiger partial charge is 0.384 e. The Hall–Kier alpha value is -1.14. The molecule has 0 bridgehead atoms. The molecule has 0 spiro atoms. The fourth-order valence-electron chi connectivity index (χ4n) is 1.38. The van der Waals surface area contributed by atoms with Crippen molar-refractivity contribution in [3.05, 3.63) is 32.8 Å². The van der Waals surface area contributed by atoms with Crippen molar-refractivity contribution in [2.45, 2.75) is 26.4 Å². The van der Waals surface area contributed by atoms with Gasteiger partial charge >= 0.3 is 0 Å². The minimum absolute atomic E-state index is 0.0792. The molecular weight excluding hydrogens is 300 g/mol. The van der Waals surface area contributed by atoms with Gasteiger partial charge < -0.3 is 10.1 Å². The fourth-order valence-corrected chi connectivity index (χ4v) is 1.88. The Bertz CT molecular complexity index is 410. The van der Waals surface area contributed by atoms with Gasteiger partial charge in [0.15, 0.2) is 0 Å². The third-order valence-corrected chi connectivity index (χ3v) is 2.91. The summed E-state index contributed by atoms with van der Waals surface area (Å²) in [6, 6.07) is 4.68. The van der Waals surface area contributed by atoms with Crippen LogP contribution in [0.2, 0.25) is 0 Å². The molecule has 0 aliphatic rings. The van der Waals surface area contributed by atoms with Crippen LogP contribution in [0.25, 0.3) is 0 Å². The first-order chi connectivity index (χ1) is 8.50. The van der Waals surface area contributed by atoms with Crippen molar-refractivity contribution >= 4 is 27.3 Å². The number of nitrogens with zero attached hydrogens (tertiary/aromatic N) is 1. The van der Waals surface area contributed by atoms with Gasteiger partial charge in [0.1, 0.15) is 0 Å². The molecule has 1 aromatic carbocycles. The standard InChI is InChI=1S/C12H17BrN2O3/c1-9(2)18-7-3-6-14-12-5-4-10(15(16)17)8-11(12)13/h4-5,8-9,14H,3,6-7H2,1-2H3. The average Bonchev–Trinajstić information content (AvgIpc) is 2.29. The number of ether oxygens (including phenoxy) is 1. The van der Waals surface area contributed by atoms with E-state index in [-0.39, 0.29) is 11.8 Å². The van der Waals surface area contributed by atoms with Gasteiger partial charge in [-0.2, -0.15) is 0 Å². The molecule has 6 heteroatoms. The maximum Gasteiger partial charge on any atom is 0.270 e. The molecule has 0 radical (unpaired) electrons. The Kier molecular flexibility index (Phi) is 6.07. The lowest BCUT2D eigenvalue weighted by atomic mass is 10.3. The van der Waals surface area contributed by atoms with Crippen LogP contribution in [0.5, 0.6) is 0 Å². The second-order valence-corrected chi connectivity index (χ2v) is 4.98. The molecule has 1 N–H and O–H groups in total. The van der Waals surface area contributed by atoms with E-state index in [1.54, 1.807) is 6.07 Å². The van der Waals surface area contributed by atoms with E-state index in [4.69, 9.17) is 4.74 Å². The fraction of sp³-hybridized carbons (Fsp3) is 0.500. The van der Waals surface area contributed by atoms with Crippen molar-refractivity contribution in [1.82, 2.24) is 0 Å². The molecule has 100 valence electrons. The van der Waals surface area contributed by atoms with Gasteiger partial charge in [0, 0.05) is 35.4 Å². The first-order valence-electron chi connectivity index (χ1n) is 5.80. The number of non-ortho nitro benzene ring substituents is 1. The van der Waals surface area contributed by atoms with Crippen LogP contribution < -0.4 is 5.32 Å². The van der Waals surface area contributed by atoms with Gasteiger partial charge in [-0.3, -0.25) is 10.1 Å². The average molecular weight is 317 g/mol. The van der Waals surface area contributed by atoms with Crippen LogP contribution in [-0.2, 0) is 4.74 Å². The smallest absolute Gasteiger partial charge is 0.270 e. The maximum atomic E-state index is 10.6.